The van der Waals surface area contributed by atoms with Crippen LogP contribution in [0.15, 0.2) is 23.4 Å². The summed E-state index contributed by atoms with van der Waals surface area (Å²) in [6, 6.07) is 4.70. The van der Waals surface area contributed by atoms with E-state index in [1.807, 2.05) is 6.92 Å². The van der Waals surface area contributed by atoms with Crippen LogP contribution < -0.4 is 11.1 Å². The van der Waals surface area contributed by atoms with E-state index in [2.05, 4.69) is 10.5 Å². The van der Waals surface area contributed by atoms with Gasteiger partial charge in [-0.3, -0.25) is 4.79 Å². The van der Waals surface area contributed by atoms with Gasteiger partial charge in [-0.25, -0.2) is 0 Å². The number of benzene rings is 1. The minimum absolute atomic E-state index is 0.0506. The number of nitrogens with one attached hydrogen (secondary N) is 1. The van der Waals surface area contributed by atoms with E-state index in [9.17, 15) is 9.90 Å². The molecule has 0 spiro atoms. The Morgan fingerprint density at radius 1 is 1.53 bits per heavy atom. The molecule has 0 fully saturated rings. The Bertz CT molecular complexity index is 514. The van der Waals surface area contributed by atoms with Gasteiger partial charge in [0, 0.05) is 11.1 Å². The predicted molar refractivity (Wildman–Crippen MR) is 72.4 cm³/mol. The highest BCUT2D eigenvalue weighted by molar-refractivity contribution is 6.01. The molecule has 0 aliphatic rings. The van der Waals surface area contributed by atoms with Gasteiger partial charge in [0.1, 0.15) is 5.75 Å². The molecular weight excluding hydrogens is 246 g/mol. The zero-order valence-corrected chi connectivity index (χ0v) is 11.3. The van der Waals surface area contributed by atoms with Crippen LogP contribution in [0.25, 0.3) is 0 Å². The van der Waals surface area contributed by atoms with Crippen molar-refractivity contribution in [3.63, 3.8) is 0 Å². The molecule has 1 aromatic carbocycles. The van der Waals surface area contributed by atoms with E-state index >= 15 is 0 Å². The standard InChI is InChI=1S/C13H19N3O3/c1-4-13(3,12(14)16-19)15-11(18)9-6-5-7-10(17)8(9)2/h5-7,17,19H,4H2,1-3H3,(H2,14,16)(H,15,18). The molecule has 1 unspecified atom stereocenters. The molecule has 1 amide bonds. The van der Waals surface area contributed by atoms with Gasteiger partial charge in [0.15, 0.2) is 5.84 Å². The SMILES string of the molecule is CCC(C)(NC(=O)c1cccc(O)c1C)/C(N)=N/O. The molecular formula is C13H19N3O3. The van der Waals surface area contributed by atoms with Crippen molar-refractivity contribution in [2.75, 3.05) is 0 Å². The van der Waals surface area contributed by atoms with Gasteiger partial charge >= 0.3 is 0 Å². The maximum atomic E-state index is 12.2. The molecule has 0 aliphatic carbocycles. The Hall–Kier alpha value is -2.24. The van der Waals surface area contributed by atoms with Gasteiger partial charge < -0.3 is 21.4 Å². The number of hydrogen-bond acceptors (Lipinski definition) is 4. The maximum absolute atomic E-state index is 12.2. The Kier molecular flexibility index (Phi) is 4.37. The summed E-state index contributed by atoms with van der Waals surface area (Å²) in [4.78, 5) is 12.2. The number of carbonyl (C=O) groups excluding carboxylic acids is 1. The van der Waals surface area contributed by atoms with Gasteiger partial charge in [-0.1, -0.05) is 18.1 Å². The van der Waals surface area contributed by atoms with E-state index in [4.69, 9.17) is 10.9 Å². The molecule has 0 bridgehead atoms. The van der Waals surface area contributed by atoms with E-state index in [0.29, 0.717) is 17.5 Å². The molecule has 1 aromatic rings. The lowest BCUT2D eigenvalue weighted by Gasteiger charge is -2.28. The molecule has 0 aromatic heterocycles. The van der Waals surface area contributed by atoms with Crippen molar-refractivity contribution in [2.24, 2.45) is 10.9 Å². The number of amides is 1. The molecule has 5 N–H and O–H groups in total. The van der Waals surface area contributed by atoms with Gasteiger partial charge in [-0.05, 0) is 32.4 Å². The van der Waals surface area contributed by atoms with Crippen molar-refractivity contribution in [2.45, 2.75) is 32.7 Å². The zero-order chi connectivity index (χ0) is 14.6. The fourth-order valence-electron chi connectivity index (χ4n) is 1.63. The molecule has 0 saturated carbocycles. The molecule has 1 rings (SSSR count). The molecule has 104 valence electrons. The summed E-state index contributed by atoms with van der Waals surface area (Å²) in [5.74, 6) is -0.403. The van der Waals surface area contributed by atoms with E-state index in [1.165, 1.54) is 6.07 Å². The fraction of sp³-hybridized carbons (Fsp3) is 0.385. The summed E-state index contributed by atoms with van der Waals surface area (Å²) in [5, 5.41) is 24.0. The summed E-state index contributed by atoms with van der Waals surface area (Å²) < 4.78 is 0. The van der Waals surface area contributed by atoms with E-state index in [1.54, 1.807) is 26.0 Å². The topological polar surface area (TPSA) is 108 Å². The third-order valence-electron chi connectivity index (χ3n) is 3.32. The minimum Gasteiger partial charge on any atom is -0.508 e. The first kappa shape index (κ1) is 14.8. The predicted octanol–water partition coefficient (Wildman–Crippen LogP) is 1.35. The second kappa shape index (κ2) is 5.60. The van der Waals surface area contributed by atoms with Crippen LogP contribution in [0.2, 0.25) is 0 Å². The Morgan fingerprint density at radius 2 is 2.16 bits per heavy atom. The van der Waals surface area contributed by atoms with E-state index < -0.39 is 5.54 Å². The third kappa shape index (κ3) is 2.96. The van der Waals surface area contributed by atoms with Crippen molar-refractivity contribution < 1.29 is 15.1 Å². The van der Waals surface area contributed by atoms with Crippen molar-refractivity contribution in [1.82, 2.24) is 5.32 Å². The van der Waals surface area contributed by atoms with Gasteiger partial charge in [-0.2, -0.15) is 0 Å². The molecule has 1 atom stereocenters. The summed E-state index contributed by atoms with van der Waals surface area (Å²) in [6.07, 6.45) is 0.465. The van der Waals surface area contributed by atoms with Gasteiger partial charge in [0.2, 0.25) is 0 Å². The summed E-state index contributed by atoms with van der Waals surface area (Å²) in [7, 11) is 0. The minimum atomic E-state index is -0.941. The number of phenols is 1. The number of oxime groups is 1. The van der Waals surface area contributed by atoms with Gasteiger partial charge in [0.25, 0.3) is 5.91 Å². The van der Waals surface area contributed by atoms with Crippen LogP contribution in [0.1, 0.15) is 36.2 Å². The zero-order valence-electron chi connectivity index (χ0n) is 11.3. The highest BCUT2D eigenvalue weighted by atomic mass is 16.4. The maximum Gasteiger partial charge on any atom is 0.252 e. The van der Waals surface area contributed by atoms with Crippen molar-refractivity contribution in [3.05, 3.63) is 29.3 Å². The molecule has 19 heavy (non-hydrogen) atoms. The molecule has 6 nitrogen and oxygen atoms in total. The van der Waals surface area contributed by atoms with E-state index in [0.717, 1.165) is 0 Å². The lowest BCUT2D eigenvalue weighted by Crippen LogP contribution is -2.55. The van der Waals surface area contributed by atoms with Crippen molar-refractivity contribution >= 4 is 11.7 Å². The summed E-state index contributed by atoms with van der Waals surface area (Å²) in [6.45, 7) is 5.13. The normalized spacial score (nSPS) is 14.8. The molecule has 6 heteroatoms. The number of amidine groups is 1. The molecule has 0 radical (unpaired) electrons. The Balaban J connectivity index is 3.05. The second-order valence-electron chi connectivity index (χ2n) is 4.57. The number of hydrogen-bond donors (Lipinski definition) is 4. The quantitative estimate of drug-likeness (QED) is 0.285. The second-order valence-corrected chi connectivity index (χ2v) is 4.57. The van der Waals surface area contributed by atoms with Crippen molar-refractivity contribution in [1.29, 1.82) is 0 Å². The first-order valence-corrected chi connectivity index (χ1v) is 5.94. The van der Waals surface area contributed by atoms with Crippen LogP contribution in [-0.2, 0) is 0 Å². The average molecular weight is 265 g/mol. The van der Waals surface area contributed by atoms with Crippen LogP contribution in [0.5, 0.6) is 5.75 Å². The lowest BCUT2D eigenvalue weighted by atomic mass is 9.96. The summed E-state index contributed by atoms with van der Waals surface area (Å²) in [5.41, 5.74) is 5.49. The van der Waals surface area contributed by atoms with Crippen LogP contribution >= 0.6 is 0 Å². The summed E-state index contributed by atoms with van der Waals surface area (Å²) >= 11 is 0. The highest BCUT2D eigenvalue weighted by Crippen LogP contribution is 2.20. The first-order chi connectivity index (χ1) is 8.85. The van der Waals surface area contributed by atoms with Crippen molar-refractivity contribution in [3.8, 4) is 5.75 Å². The first-order valence-electron chi connectivity index (χ1n) is 5.94. The van der Waals surface area contributed by atoms with Gasteiger partial charge in [-0.15, -0.1) is 0 Å². The number of carbonyl (C=O) groups is 1. The monoisotopic (exact) mass is 265 g/mol. The van der Waals surface area contributed by atoms with Gasteiger partial charge in [0.05, 0.1) is 5.54 Å². The Labute approximate surface area is 111 Å². The lowest BCUT2D eigenvalue weighted by molar-refractivity contribution is 0.0924. The highest BCUT2D eigenvalue weighted by Gasteiger charge is 2.30. The van der Waals surface area contributed by atoms with Crippen LogP contribution in [0, 0.1) is 6.92 Å². The molecule has 0 heterocycles. The Morgan fingerprint density at radius 3 is 2.68 bits per heavy atom. The molecule has 0 aliphatic heterocycles. The van der Waals surface area contributed by atoms with Crippen LogP contribution in [0.3, 0.4) is 0 Å². The molecule has 0 saturated heterocycles. The third-order valence-corrected chi connectivity index (χ3v) is 3.32. The number of aromatic hydroxyl groups is 1. The van der Waals surface area contributed by atoms with Crippen LogP contribution in [0.4, 0.5) is 0 Å². The van der Waals surface area contributed by atoms with E-state index in [-0.39, 0.29) is 17.5 Å². The fourth-order valence-corrected chi connectivity index (χ4v) is 1.63. The largest absolute Gasteiger partial charge is 0.508 e. The smallest absolute Gasteiger partial charge is 0.252 e. The number of rotatable bonds is 4. The number of nitrogens with two attached hydrogens (primary N) is 1. The van der Waals surface area contributed by atoms with Crippen LogP contribution in [-0.4, -0.2) is 27.6 Å². The number of phenolic OH excluding ortho intramolecular Hbond substituents is 1. The average Bonchev–Trinajstić information content (AvgIpc) is 2.40. The number of nitrogens with zero attached hydrogens (tertiary/aromatic N) is 1.